The molecule has 0 aliphatic heterocycles. The minimum absolute atomic E-state index is 0.0561. The highest BCUT2D eigenvalue weighted by Crippen LogP contribution is 2.16. The maximum Gasteiger partial charge on any atom is 0.205 e. The SMILES string of the molecule is OCCN(CCO)c1ccc(/C=C/c2cccc[n+]2CCO)cc1. The zero-order valence-electron chi connectivity index (χ0n) is 13.8. The van der Waals surface area contributed by atoms with Crippen molar-refractivity contribution in [3.05, 3.63) is 59.9 Å². The Morgan fingerprint density at radius 3 is 2.17 bits per heavy atom. The molecule has 0 aliphatic rings. The molecular formula is C19H25N2O3+. The molecule has 0 saturated heterocycles. The van der Waals surface area contributed by atoms with E-state index in [2.05, 4.69) is 0 Å². The normalized spacial score (nSPS) is 11.1. The van der Waals surface area contributed by atoms with Gasteiger partial charge in [0.2, 0.25) is 5.69 Å². The lowest BCUT2D eigenvalue weighted by Crippen LogP contribution is -2.38. The Morgan fingerprint density at radius 2 is 1.54 bits per heavy atom. The third-order valence-electron chi connectivity index (χ3n) is 3.76. The van der Waals surface area contributed by atoms with Crippen molar-refractivity contribution in [3.8, 4) is 0 Å². The molecule has 0 amide bonds. The molecule has 128 valence electrons. The Kier molecular flexibility index (Phi) is 7.42. The number of aliphatic hydroxyl groups excluding tert-OH is 3. The smallest absolute Gasteiger partial charge is 0.205 e. The van der Waals surface area contributed by atoms with Gasteiger partial charge >= 0.3 is 0 Å². The topological polar surface area (TPSA) is 67.8 Å². The van der Waals surface area contributed by atoms with Gasteiger partial charge in [0.15, 0.2) is 12.7 Å². The second-order valence-electron chi connectivity index (χ2n) is 5.40. The molecule has 0 fully saturated rings. The zero-order chi connectivity index (χ0) is 17.2. The van der Waals surface area contributed by atoms with E-state index in [1.807, 2.05) is 70.3 Å². The van der Waals surface area contributed by atoms with Crippen LogP contribution in [0.2, 0.25) is 0 Å². The number of anilines is 1. The fraction of sp³-hybridized carbons (Fsp3) is 0.316. The molecule has 2 aromatic rings. The van der Waals surface area contributed by atoms with Gasteiger partial charge in [-0.2, -0.15) is 4.57 Å². The van der Waals surface area contributed by atoms with E-state index in [0.29, 0.717) is 19.6 Å². The van der Waals surface area contributed by atoms with E-state index >= 15 is 0 Å². The second-order valence-corrected chi connectivity index (χ2v) is 5.40. The fourth-order valence-corrected chi connectivity index (χ4v) is 2.54. The first kappa shape index (κ1) is 18.1. The summed E-state index contributed by atoms with van der Waals surface area (Å²) in [4.78, 5) is 1.94. The molecule has 3 N–H and O–H groups in total. The number of nitrogens with zero attached hydrogens (tertiary/aromatic N) is 2. The van der Waals surface area contributed by atoms with Gasteiger partial charge in [0.05, 0.1) is 13.2 Å². The van der Waals surface area contributed by atoms with Crippen LogP contribution in [0.4, 0.5) is 5.69 Å². The van der Waals surface area contributed by atoms with E-state index in [-0.39, 0.29) is 19.8 Å². The zero-order valence-corrected chi connectivity index (χ0v) is 13.8. The largest absolute Gasteiger partial charge is 0.395 e. The van der Waals surface area contributed by atoms with Crippen molar-refractivity contribution >= 4 is 17.8 Å². The highest BCUT2D eigenvalue weighted by Gasteiger charge is 2.06. The number of aromatic nitrogens is 1. The van der Waals surface area contributed by atoms with E-state index in [4.69, 9.17) is 15.3 Å². The van der Waals surface area contributed by atoms with Crippen molar-refractivity contribution in [2.75, 3.05) is 37.8 Å². The molecule has 1 aromatic heterocycles. The van der Waals surface area contributed by atoms with Crippen molar-refractivity contribution < 1.29 is 19.9 Å². The van der Waals surface area contributed by atoms with E-state index in [9.17, 15) is 0 Å². The third-order valence-corrected chi connectivity index (χ3v) is 3.76. The molecule has 0 bridgehead atoms. The van der Waals surface area contributed by atoms with E-state index < -0.39 is 0 Å². The Hall–Kier alpha value is -2.21. The minimum Gasteiger partial charge on any atom is -0.395 e. The molecule has 5 nitrogen and oxygen atoms in total. The highest BCUT2D eigenvalue weighted by molar-refractivity contribution is 5.68. The predicted molar refractivity (Wildman–Crippen MR) is 95.5 cm³/mol. The van der Waals surface area contributed by atoms with Gasteiger partial charge in [-0.3, -0.25) is 0 Å². The average Bonchev–Trinajstić information content (AvgIpc) is 2.62. The average molecular weight is 329 g/mol. The van der Waals surface area contributed by atoms with Gasteiger partial charge in [-0.05, 0) is 29.8 Å². The first-order valence-electron chi connectivity index (χ1n) is 8.12. The van der Waals surface area contributed by atoms with Crippen LogP contribution in [0.25, 0.3) is 12.2 Å². The standard InChI is InChI=1S/C19H25N2O3/c22-14-11-20-10-2-1-3-18(20)7-4-17-5-8-19(9-6-17)21(12-15-23)13-16-24/h1-10,22-24H,11-16H2/q+1. The lowest BCUT2D eigenvalue weighted by atomic mass is 10.1. The highest BCUT2D eigenvalue weighted by atomic mass is 16.3. The Labute approximate surface area is 142 Å². The summed E-state index contributed by atoms with van der Waals surface area (Å²) in [6.07, 6.45) is 5.99. The molecule has 1 heterocycles. The van der Waals surface area contributed by atoms with Crippen LogP contribution in [-0.4, -0.2) is 48.2 Å². The summed E-state index contributed by atoms with van der Waals surface area (Å²) in [6, 6.07) is 13.9. The second kappa shape index (κ2) is 9.82. The number of hydrogen-bond acceptors (Lipinski definition) is 4. The summed E-state index contributed by atoms with van der Waals surface area (Å²) in [5.41, 5.74) is 3.06. The summed E-state index contributed by atoms with van der Waals surface area (Å²) in [7, 11) is 0. The minimum atomic E-state index is 0.0561. The number of benzene rings is 1. The Balaban J connectivity index is 2.11. The van der Waals surface area contributed by atoms with Crippen LogP contribution in [0.1, 0.15) is 11.3 Å². The van der Waals surface area contributed by atoms with Crippen LogP contribution in [0.15, 0.2) is 48.7 Å². The summed E-state index contributed by atoms with van der Waals surface area (Å²) in [5.74, 6) is 0. The van der Waals surface area contributed by atoms with Crippen LogP contribution in [0.3, 0.4) is 0 Å². The Morgan fingerprint density at radius 1 is 0.833 bits per heavy atom. The summed E-state index contributed by atoms with van der Waals surface area (Å²) < 4.78 is 2.00. The molecule has 2 rings (SSSR count). The Bertz CT molecular complexity index is 635. The van der Waals surface area contributed by atoms with Gasteiger partial charge in [0.25, 0.3) is 0 Å². The van der Waals surface area contributed by atoms with Crippen molar-refractivity contribution in [2.45, 2.75) is 6.54 Å². The van der Waals surface area contributed by atoms with Crippen molar-refractivity contribution in [3.63, 3.8) is 0 Å². The molecule has 5 heteroatoms. The van der Waals surface area contributed by atoms with Crippen molar-refractivity contribution in [1.82, 2.24) is 0 Å². The predicted octanol–water partition coefficient (Wildman–Crippen LogP) is 0.928. The molecule has 0 aliphatic carbocycles. The fourth-order valence-electron chi connectivity index (χ4n) is 2.54. The summed E-state index contributed by atoms with van der Waals surface area (Å²) in [5, 5.41) is 27.3. The molecule has 0 atom stereocenters. The van der Waals surface area contributed by atoms with E-state index in [1.165, 1.54) is 0 Å². The number of pyridine rings is 1. The van der Waals surface area contributed by atoms with E-state index in [1.54, 1.807) is 0 Å². The van der Waals surface area contributed by atoms with Crippen LogP contribution in [-0.2, 0) is 6.54 Å². The van der Waals surface area contributed by atoms with Gasteiger partial charge in [-0.1, -0.05) is 12.1 Å². The molecule has 1 aromatic carbocycles. The summed E-state index contributed by atoms with van der Waals surface area (Å²) >= 11 is 0. The first-order chi connectivity index (χ1) is 11.8. The molecule has 24 heavy (non-hydrogen) atoms. The number of aliphatic hydroxyl groups is 3. The maximum absolute atomic E-state index is 9.11. The third kappa shape index (κ3) is 5.16. The summed E-state index contributed by atoms with van der Waals surface area (Å²) in [6.45, 7) is 1.79. The van der Waals surface area contributed by atoms with Gasteiger partial charge in [0, 0.05) is 37.0 Å². The molecule has 0 radical (unpaired) electrons. The molecular weight excluding hydrogens is 304 g/mol. The van der Waals surface area contributed by atoms with E-state index in [0.717, 1.165) is 16.9 Å². The van der Waals surface area contributed by atoms with Gasteiger partial charge < -0.3 is 20.2 Å². The monoisotopic (exact) mass is 329 g/mol. The van der Waals surface area contributed by atoms with Gasteiger partial charge in [0.1, 0.15) is 6.61 Å². The van der Waals surface area contributed by atoms with Crippen LogP contribution in [0.5, 0.6) is 0 Å². The van der Waals surface area contributed by atoms with Gasteiger partial charge in [-0.25, -0.2) is 0 Å². The van der Waals surface area contributed by atoms with Crippen LogP contribution >= 0.6 is 0 Å². The lowest BCUT2D eigenvalue weighted by Gasteiger charge is -2.22. The molecule has 0 spiro atoms. The number of rotatable bonds is 9. The van der Waals surface area contributed by atoms with Gasteiger partial charge in [-0.15, -0.1) is 0 Å². The van der Waals surface area contributed by atoms with Crippen molar-refractivity contribution in [2.24, 2.45) is 0 Å². The molecule has 0 unspecified atom stereocenters. The number of hydrogen-bond donors (Lipinski definition) is 3. The van der Waals surface area contributed by atoms with Crippen LogP contribution in [0, 0.1) is 0 Å². The van der Waals surface area contributed by atoms with Crippen LogP contribution < -0.4 is 9.47 Å². The molecule has 0 saturated carbocycles. The van der Waals surface area contributed by atoms with Crippen molar-refractivity contribution in [1.29, 1.82) is 0 Å². The first-order valence-corrected chi connectivity index (χ1v) is 8.12. The quantitative estimate of drug-likeness (QED) is 0.599. The maximum atomic E-state index is 9.11. The lowest BCUT2D eigenvalue weighted by molar-refractivity contribution is -0.699.